The van der Waals surface area contributed by atoms with Gasteiger partial charge < -0.3 is 15.7 Å². The monoisotopic (exact) mass is 557 g/mol. The van der Waals surface area contributed by atoms with Gasteiger partial charge in [-0.25, -0.2) is 0 Å². The molecule has 8 heteroatoms. The van der Waals surface area contributed by atoms with Crippen molar-refractivity contribution < 1.29 is 19.0 Å². The molecule has 2 aromatic rings. The van der Waals surface area contributed by atoms with Crippen molar-refractivity contribution in [2.75, 3.05) is 23.1 Å². The van der Waals surface area contributed by atoms with Crippen molar-refractivity contribution in [3.63, 3.8) is 0 Å². The summed E-state index contributed by atoms with van der Waals surface area (Å²) in [4.78, 5) is 13.8. The maximum absolute atomic E-state index is 13.8. The molecule has 1 saturated carbocycles. The third kappa shape index (κ3) is 8.21. The molecule has 5 N–H and O–H groups in total. The number of aliphatic hydroxyl groups excluding tert-OH is 1. The van der Waals surface area contributed by atoms with E-state index in [0.29, 0.717) is 42.4 Å². The average Bonchev–Trinajstić information content (AvgIpc) is 3.47. The summed E-state index contributed by atoms with van der Waals surface area (Å²) >= 11 is 0. The van der Waals surface area contributed by atoms with Gasteiger partial charge >= 0.3 is 0 Å². The second-order valence-electron chi connectivity index (χ2n) is 11.4. The molecule has 39 heavy (non-hydrogen) atoms. The molecule has 4 rings (SSSR count). The van der Waals surface area contributed by atoms with Crippen molar-refractivity contribution in [3.05, 3.63) is 65.2 Å². The highest BCUT2D eigenvalue weighted by Gasteiger charge is 2.30. The van der Waals surface area contributed by atoms with E-state index in [1.807, 2.05) is 36.4 Å². The summed E-state index contributed by atoms with van der Waals surface area (Å²) in [6.45, 7) is 5.21. The molecule has 3 unspecified atom stereocenters. The Morgan fingerprint density at radius 3 is 2.51 bits per heavy atom. The van der Waals surface area contributed by atoms with E-state index < -0.39 is 22.9 Å². The topological polar surface area (TPSA) is 105 Å². The quantitative estimate of drug-likeness (QED) is 0.216. The van der Waals surface area contributed by atoms with Gasteiger partial charge in [0.1, 0.15) is 0 Å². The van der Waals surface area contributed by atoms with Crippen molar-refractivity contribution in [1.82, 2.24) is 10.6 Å². The molecule has 1 saturated heterocycles. The molecule has 2 aliphatic rings. The Labute approximate surface area is 235 Å². The fraction of sp³-hybridized carbons (Fsp3) is 0.581. The normalized spacial score (nSPS) is 20.8. The molecule has 216 valence electrons. The van der Waals surface area contributed by atoms with E-state index in [1.165, 1.54) is 12.8 Å². The molecule has 1 aliphatic carbocycles. The molecule has 0 radical (unpaired) electrons. The number of nitrogens with one attached hydrogen (secondary N) is 2. The Morgan fingerprint density at radius 1 is 1.08 bits per heavy atom. The lowest BCUT2D eigenvalue weighted by molar-refractivity contribution is 0.0825. The third-order valence-corrected chi connectivity index (χ3v) is 10.1. The Balaban J connectivity index is 1.59. The number of aliphatic hydroxyl groups is 1. The van der Waals surface area contributed by atoms with Gasteiger partial charge in [-0.05, 0) is 80.7 Å². The standard InChI is InChI=1S/C31H47N3O4S/c1-3-11-23(2)32-22-30(35)29(18-24-12-5-4-6-13-24)33-31(36)27-19-26(25-14-7-8-15-25)20-28(21-27)34-16-9-10-17-39(34,37)38/h4-6,12-13,19-21,23,25,29-30,32,35,37-38H,3,7-11,14-18,22H2,1-2H3,(H,33,36). The minimum Gasteiger partial charge on any atom is -0.390 e. The van der Waals surface area contributed by atoms with Crippen LogP contribution in [0.2, 0.25) is 0 Å². The van der Waals surface area contributed by atoms with E-state index in [9.17, 15) is 19.0 Å². The van der Waals surface area contributed by atoms with Crippen molar-refractivity contribution in [3.8, 4) is 0 Å². The van der Waals surface area contributed by atoms with Crippen LogP contribution < -0.4 is 14.9 Å². The van der Waals surface area contributed by atoms with Crippen LogP contribution in [-0.4, -0.2) is 57.1 Å². The molecule has 7 nitrogen and oxygen atoms in total. The van der Waals surface area contributed by atoms with Crippen LogP contribution in [0.5, 0.6) is 0 Å². The third-order valence-electron chi connectivity index (χ3n) is 8.18. The molecular weight excluding hydrogens is 510 g/mol. The van der Waals surface area contributed by atoms with E-state index in [4.69, 9.17) is 0 Å². The highest BCUT2D eigenvalue weighted by molar-refractivity contribution is 8.25. The van der Waals surface area contributed by atoms with Crippen LogP contribution >= 0.6 is 10.8 Å². The van der Waals surface area contributed by atoms with Crippen molar-refractivity contribution in [2.24, 2.45) is 0 Å². The molecular formula is C31H47N3O4S. The molecule has 0 spiro atoms. The first-order valence-corrected chi connectivity index (χ1v) is 16.4. The second-order valence-corrected chi connectivity index (χ2v) is 13.5. The summed E-state index contributed by atoms with van der Waals surface area (Å²) in [6.07, 6.45) is 8.02. The van der Waals surface area contributed by atoms with Crippen LogP contribution in [0.1, 0.15) is 92.6 Å². The predicted molar refractivity (Wildman–Crippen MR) is 162 cm³/mol. The minimum atomic E-state index is -2.90. The number of anilines is 1. The SMILES string of the molecule is CCCC(C)NCC(O)C(Cc1ccccc1)NC(=O)c1cc(C2CCCC2)cc(N2CCCCS2(O)O)c1. The van der Waals surface area contributed by atoms with Crippen molar-refractivity contribution in [2.45, 2.75) is 95.7 Å². The summed E-state index contributed by atoms with van der Waals surface area (Å²) in [6, 6.07) is 15.6. The van der Waals surface area contributed by atoms with Gasteiger partial charge in [0.2, 0.25) is 0 Å². The first kappa shape index (κ1) is 29.9. The Morgan fingerprint density at radius 2 is 1.82 bits per heavy atom. The van der Waals surface area contributed by atoms with Gasteiger partial charge in [-0.3, -0.25) is 18.2 Å². The fourth-order valence-electron chi connectivity index (χ4n) is 5.91. The molecule has 1 aliphatic heterocycles. The average molecular weight is 558 g/mol. The van der Waals surface area contributed by atoms with E-state index in [-0.39, 0.29) is 11.9 Å². The maximum atomic E-state index is 13.8. The maximum Gasteiger partial charge on any atom is 0.251 e. The van der Waals surface area contributed by atoms with Crippen molar-refractivity contribution >= 4 is 22.4 Å². The number of carbonyl (C=O) groups excluding carboxylic acids is 1. The van der Waals surface area contributed by atoms with E-state index >= 15 is 0 Å². The lowest BCUT2D eigenvalue weighted by Crippen LogP contribution is -2.49. The van der Waals surface area contributed by atoms with E-state index in [2.05, 4.69) is 30.5 Å². The number of rotatable bonds is 12. The molecule has 3 atom stereocenters. The first-order chi connectivity index (χ1) is 18.8. The predicted octanol–water partition coefficient (Wildman–Crippen LogP) is 6.09. The number of nitrogens with zero attached hydrogens (tertiary/aromatic N) is 1. The van der Waals surface area contributed by atoms with Crippen LogP contribution in [0.4, 0.5) is 5.69 Å². The van der Waals surface area contributed by atoms with Crippen molar-refractivity contribution in [1.29, 1.82) is 0 Å². The number of carbonyl (C=O) groups is 1. The highest BCUT2D eigenvalue weighted by Crippen LogP contribution is 2.50. The van der Waals surface area contributed by atoms with Crippen LogP contribution in [0.25, 0.3) is 0 Å². The molecule has 2 fully saturated rings. The van der Waals surface area contributed by atoms with Gasteiger partial charge in [-0.2, -0.15) is 0 Å². The number of hydrogen-bond donors (Lipinski definition) is 5. The van der Waals surface area contributed by atoms with Gasteiger partial charge in [0.15, 0.2) is 0 Å². The molecule has 1 heterocycles. The summed E-state index contributed by atoms with van der Waals surface area (Å²) in [7, 11) is -2.90. The number of benzene rings is 2. The lowest BCUT2D eigenvalue weighted by atomic mass is 9.94. The van der Waals surface area contributed by atoms with Gasteiger partial charge in [-0.1, -0.05) is 56.5 Å². The lowest BCUT2D eigenvalue weighted by Gasteiger charge is -2.47. The van der Waals surface area contributed by atoms with Crippen LogP contribution in [-0.2, 0) is 6.42 Å². The van der Waals surface area contributed by atoms with Gasteiger partial charge in [-0.15, -0.1) is 10.8 Å². The largest absolute Gasteiger partial charge is 0.390 e. The number of amides is 1. The summed E-state index contributed by atoms with van der Waals surface area (Å²) in [5.74, 6) is 0.487. The van der Waals surface area contributed by atoms with Crippen LogP contribution in [0.3, 0.4) is 0 Å². The fourth-order valence-corrected chi connectivity index (χ4v) is 7.59. The second kappa shape index (κ2) is 14.0. The summed E-state index contributed by atoms with van der Waals surface area (Å²) in [5, 5.41) is 17.7. The zero-order chi connectivity index (χ0) is 27.8. The number of hydrogen-bond acceptors (Lipinski definition) is 6. The zero-order valence-corrected chi connectivity index (χ0v) is 24.3. The summed E-state index contributed by atoms with van der Waals surface area (Å²) in [5.41, 5.74) is 3.35. The van der Waals surface area contributed by atoms with E-state index in [1.54, 1.807) is 10.4 Å². The van der Waals surface area contributed by atoms with Gasteiger partial charge in [0.05, 0.1) is 23.6 Å². The minimum absolute atomic E-state index is 0.244. The molecule has 0 aromatic heterocycles. The van der Waals surface area contributed by atoms with Crippen LogP contribution in [0, 0.1) is 0 Å². The first-order valence-electron chi connectivity index (χ1n) is 14.7. The Kier molecular flexibility index (Phi) is 10.7. The summed E-state index contributed by atoms with van der Waals surface area (Å²) < 4.78 is 23.4. The highest BCUT2D eigenvalue weighted by atomic mass is 32.3. The molecule has 2 aromatic carbocycles. The Bertz CT molecular complexity index is 1060. The zero-order valence-electron chi connectivity index (χ0n) is 23.5. The smallest absolute Gasteiger partial charge is 0.251 e. The van der Waals surface area contributed by atoms with Gasteiger partial charge in [0, 0.05) is 24.7 Å². The molecule has 1 amide bonds. The van der Waals surface area contributed by atoms with Crippen LogP contribution in [0.15, 0.2) is 48.5 Å². The van der Waals surface area contributed by atoms with E-state index in [0.717, 1.165) is 49.7 Å². The van der Waals surface area contributed by atoms with Gasteiger partial charge in [0.25, 0.3) is 5.91 Å². The molecule has 0 bridgehead atoms. The Hall–Kier alpha value is -2.10.